The third-order valence-corrected chi connectivity index (χ3v) is 3.07. The number of carbonyl (C=O) groups is 1. The highest BCUT2D eigenvalue weighted by Gasteiger charge is 2.34. The molecule has 1 heterocycles. The predicted octanol–water partition coefficient (Wildman–Crippen LogP) is 0.343. The van der Waals surface area contributed by atoms with Crippen LogP contribution in [-0.2, 0) is 4.79 Å². The van der Waals surface area contributed by atoms with Gasteiger partial charge < -0.3 is 10.0 Å². The molecular formula is C10H20N2O2. The molecule has 0 aromatic heterocycles. The molecule has 0 aromatic carbocycles. The first-order chi connectivity index (χ1) is 6.33. The molecule has 1 fully saturated rings. The van der Waals surface area contributed by atoms with Crippen LogP contribution in [0.25, 0.3) is 0 Å². The molecule has 14 heavy (non-hydrogen) atoms. The van der Waals surface area contributed by atoms with E-state index < -0.39 is 5.97 Å². The lowest BCUT2D eigenvalue weighted by atomic mass is 10.0. The van der Waals surface area contributed by atoms with Crippen molar-refractivity contribution in [1.29, 1.82) is 0 Å². The molecule has 1 saturated heterocycles. The van der Waals surface area contributed by atoms with Crippen LogP contribution in [0.3, 0.4) is 0 Å². The molecule has 1 N–H and O–H groups in total. The molecule has 0 bridgehead atoms. The molecule has 82 valence electrons. The Morgan fingerprint density at radius 3 is 2.43 bits per heavy atom. The number of aliphatic carboxylic acids is 1. The minimum Gasteiger partial charge on any atom is -0.481 e. The number of rotatable bonds is 1. The Hall–Kier alpha value is -0.610. The summed E-state index contributed by atoms with van der Waals surface area (Å²) in [7, 11) is 3.98. The number of carboxylic acid groups (broad SMARTS) is 1. The van der Waals surface area contributed by atoms with Crippen molar-refractivity contribution in [3.05, 3.63) is 0 Å². The van der Waals surface area contributed by atoms with Crippen LogP contribution < -0.4 is 0 Å². The summed E-state index contributed by atoms with van der Waals surface area (Å²) in [6, 6.07) is 0. The van der Waals surface area contributed by atoms with Crippen molar-refractivity contribution < 1.29 is 9.90 Å². The first-order valence-electron chi connectivity index (χ1n) is 4.95. The van der Waals surface area contributed by atoms with Gasteiger partial charge in [0.2, 0.25) is 0 Å². The summed E-state index contributed by atoms with van der Waals surface area (Å²) < 4.78 is 0. The van der Waals surface area contributed by atoms with Crippen LogP contribution in [-0.4, -0.2) is 60.1 Å². The van der Waals surface area contributed by atoms with Crippen molar-refractivity contribution in [3.63, 3.8) is 0 Å². The van der Waals surface area contributed by atoms with E-state index in [1.54, 1.807) is 0 Å². The Morgan fingerprint density at radius 1 is 1.36 bits per heavy atom. The second-order valence-corrected chi connectivity index (χ2v) is 4.92. The molecule has 1 aliphatic rings. The smallest absolute Gasteiger partial charge is 0.309 e. The number of likely N-dealkylation sites (N-methyl/N-ethyl adjacent to an activating group) is 2. The second-order valence-electron chi connectivity index (χ2n) is 4.92. The van der Waals surface area contributed by atoms with Crippen LogP contribution in [0.2, 0.25) is 0 Å². The third kappa shape index (κ3) is 2.45. The van der Waals surface area contributed by atoms with Gasteiger partial charge in [-0.15, -0.1) is 0 Å². The van der Waals surface area contributed by atoms with Crippen molar-refractivity contribution in [1.82, 2.24) is 9.80 Å². The van der Waals surface area contributed by atoms with Crippen LogP contribution >= 0.6 is 0 Å². The van der Waals surface area contributed by atoms with Gasteiger partial charge in [0.25, 0.3) is 0 Å². The molecular weight excluding hydrogens is 180 g/mol. The molecule has 0 amide bonds. The molecule has 1 atom stereocenters. The zero-order chi connectivity index (χ0) is 10.9. The van der Waals surface area contributed by atoms with E-state index in [9.17, 15) is 4.79 Å². The standard InChI is InChI=1S/C10H20N2O2/c1-10(2)7-11(3)5-8(9(13)14)6-12(10)4/h8H,5-7H2,1-4H3,(H,13,14). The number of hydrogen-bond acceptors (Lipinski definition) is 3. The van der Waals surface area contributed by atoms with E-state index in [-0.39, 0.29) is 11.5 Å². The Morgan fingerprint density at radius 2 is 1.93 bits per heavy atom. The Bertz CT molecular complexity index is 228. The summed E-state index contributed by atoms with van der Waals surface area (Å²) in [4.78, 5) is 15.2. The minimum atomic E-state index is -0.693. The predicted molar refractivity (Wildman–Crippen MR) is 55.3 cm³/mol. The van der Waals surface area contributed by atoms with Crippen molar-refractivity contribution in [2.75, 3.05) is 33.7 Å². The lowest BCUT2D eigenvalue weighted by molar-refractivity contribution is -0.142. The Balaban J connectivity index is 2.78. The van der Waals surface area contributed by atoms with Gasteiger partial charge in [-0.3, -0.25) is 9.69 Å². The highest BCUT2D eigenvalue weighted by atomic mass is 16.4. The summed E-state index contributed by atoms with van der Waals surface area (Å²) in [5.74, 6) is -0.965. The van der Waals surface area contributed by atoms with E-state index in [0.717, 1.165) is 6.54 Å². The highest BCUT2D eigenvalue weighted by Crippen LogP contribution is 2.20. The van der Waals surface area contributed by atoms with Gasteiger partial charge in [0.15, 0.2) is 0 Å². The number of nitrogens with zero attached hydrogens (tertiary/aromatic N) is 2. The maximum absolute atomic E-state index is 11.0. The molecule has 1 unspecified atom stereocenters. The average Bonchev–Trinajstić information content (AvgIpc) is 2.09. The van der Waals surface area contributed by atoms with Gasteiger partial charge in [-0.05, 0) is 27.9 Å². The topological polar surface area (TPSA) is 43.8 Å². The summed E-state index contributed by atoms with van der Waals surface area (Å²) >= 11 is 0. The van der Waals surface area contributed by atoms with E-state index in [2.05, 4.69) is 23.6 Å². The molecule has 0 saturated carbocycles. The van der Waals surface area contributed by atoms with E-state index >= 15 is 0 Å². The van der Waals surface area contributed by atoms with Gasteiger partial charge in [0, 0.05) is 25.2 Å². The molecule has 1 aliphatic heterocycles. The lowest BCUT2D eigenvalue weighted by Gasteiger charge is -2.35. The summed E-state index contributed by atoms with van der Waals surface area (Å²) in [5, 5.41) is 9.02. The summed E-state index contributed by atoms with van der Waals surface area (Å²) in [5.41, 5.74) is 0.0545. The van der Waals surface area contributed by atoms with Crippen LogP contribution in [0.5, 0.6) is 0 Å². The summed E-state index contributed by atoms with van der Waals surface area (Å²) in [6.45, 7) is 6.48. The average molecular weight is 200 g/mol. The fourth-order valence-electron chi connectivity index (χ4n) is 2.01. The van der Waals surface area contributed by atoms with Crippen molar-refractivity contribution in [2.24, 2.45) is 5.92 Å². The fraction of sp³-hybridized carbons (Fsp3) is 0.900. The van der Waals surface area contributed by atoms with Gasteiger partial charge >= 0.3 is 5.97 Å². The van der Waals surface area contributed by atoms with Gasteiger partial charge in [-0.2, -0.15) is 0 Å². The zero-order valence-electron chi connectivity index (χ0n) is 9.45. The highest BCUT2D eigenvalue weighted by molar-refractivity contribution is 5.70. The zero-order valence-corrected chi connectivity index (χ0v) is 9.45. The first kappa shape index (κ1) is 11.5. The van der Waals surface area contributed by atoms with Gasteiger partial charge in [0.05, 0.1) is 5.92 Å². The second kappa shape index (κ2) is 3.87. The quantitative estimate of drug-likeness (QED) is 0.663. The third-order valence-electron chi connectivity index (χ3n) is 3.07. The number of hydrogen-bond donors (Lipinski definition) is 1. The van der Waals surface area contributed by atoms with Crippen molar-refractivity contribution in [3.8, 4) is 0 Å². The normalized spacial score (nSPS) is 29.9. The van der Waals surface area contributed by atoms with Crippen LogP contribution in [0.15, 0.2) is 0 Å². The molecule has 1 rings (SSSR count). The van der Waals surface area contributed by atoms with E-state index in [4.69, 9.17) is 5.11 Å². The molecule has 0 spiro atoms. The van der Waals surface area contributed by atoms with Crippen molar-refractivity contribution in [2.45, 2.75) is 19.4 Å². The molecule has 0 aliphatic carbocycles. The maximum atomic E-state index is 11.0. The number of carboxylic acids is 1. The van der Waals surface area contributed by atoms with Gasteiger partial charge in [0.1, 0.15) is 0 Å². The Kier molecular flexibility index (Phi) is 3.17. The monoisotopic (exact) mass is 200 g/mol. The van der Waals surface area contributed by atoms with Crippen LogP contribution in [0.4, 0.5) is 0 Å². The summed E-state index contributed by atoms with van der Waals surface area (Å²) in [6.07, 6.45) is 0. The van der Waals surface area contributed by atoms with Gasteiger partial charge in [-0.1, -0.05) is 0 Å². The van der Waals surface area contributed by atoms with Crippen LogP contribution in [0, 0.1) is 5.92 Å². The molecule has 0 aromatic rings. The minimum absolute atomic E-state index is 0.0545. The SMILES string of the molecule is CN1CC(C(=O)O)CN(C)C(C)(C)C1. The lowest BCUT2D eigenvalue weighted by Crippen LogP contribution is -2.46. The van der Waals surface area contributed by atoms with Gasteiger partial charge in [-0.25, -0.2) is 0 Å². The molecule has 4 heteroatoms. The van der Waals surface area contributed by atoms with Crippen LogP contribution in [0.1, 0.15) is 13.8 Å². The molecule has 4 nitrogen and oxygen atoms in total. The Labute approximate surface area is 85.5 Å². The molecule has 0 radical (unpaired) electrons. The first-order valence-corrected chi connectivity index (χ1v) is 4.95. The largest absolute Gasteiger partial charge is 0.481 e. The van der Waals surface area contributed by atoms with E-state index in [0.29, 0.717) is 13.1 Å². The van der Waals surface area contributed by atoms with E-state index in [1.165, 1.54) is 0 Å². The van der Waals surface area contributed by atoms with E-state index in [1.807, 2.05) is 14.1 Å². The fourth-order valence-corrected chi connectivity index (χ4v) is 2.01. The maximum Gasteiger partial charge on any atom is 0.309 e. The van der Waals surface area contributed by atoms with Crippen molar-refractivity contribution >= 4 is 5.97 Å².